The summed E-state index contributed by atoms with van der Waals surface area (Å²) in [5.74, 6) is 0. The molecule has 1 heterocycles. The summed E-state index contributed by atoms with van der Waals surface area (Å²) in [6.45, 7) is 18.2. The van der Waals surface area contributed by atoms with Gasteiger partial charge in [0.2, 0.25) is 0 Å². The van der Waals surface area contributed by atoms with Crippen LogP contribution in [0.1, 0.15) is 26.7 Å². The Morgan fingerprint density at radius 3 is 2.08 bits per heavy atom. The topological polar surface area (TPSA) is 46.2 Å². The van der Waals surface area contributed by atoms with Gasteiger partial charge >= 0.3 is 0 Å². The van der Waals surface area contributed by atoms with E-state index in [4.69, 9.17) is 23.1 Å². The van der Waals surface area contributed by atoms with Crippen LogP contribution in [-0.2, 0) is 23.1 Å². The Kier molecular flexibility index (Phi) is 8.33. The lowest BCUT2D eigenvalue weighted by Gasteiger charge is -2.49. The van der Waals surface area contributed by atoms with Crippen LogP contribution in [0.15, 0.2) is 0 Å². The summed E-state index contributed by atoms with van der Waals surface area (Å²) in [5, 5.41) is 0. The number of hydrogen-bond acceptors (Lipinski definition) is 5. The molecule has 0 saturated carbocycles. The number of ether oxygens (including phenoxy) is 3. The SMILES string of the molecule is COC[C@H](C[C@H]1OC(O[Si](C)(C)C)C[C@@H](OC)C1(C)C)O[Si](C)(C)C. The van der Waals surface area contributed by atoms with Crippen molar-refractivity contribution in [1.82, 2.24) is 0 Å². The summed E-state index contributed by atoms with van der Waals surface area (Å²) >= 11 is 0. The zero-order valence-electron chi connectivity index (χ0n) is 18.0. The van der Waals surface area contributed by atoms with Gasteiger partial charge in [-0.25, -0.2) is 0 Å². The van der Waals surface area contributed by atoms with Crippen LogP contribution >= 0.6 is 0 Å². The van der Waals surface area contributed by atoms with Crippen LogP contribution in [0.2, 0.25) is 39.3 Å². The molecule has 0 bridgehead atoms. The molecule has 0 radical (unpaired) electrons. The molecule has 1 aliphatic rings. The van der Waals surface area contributed by atoms with Crippen molar-refractivity contribution in [2.45, 2.75) is 90.6 Å². The van der Waals surface area contributed by atoms with Crippen molar-refractivity contribution in [3.63, 3.8) is 0 Å². The Balaban J connectivity index is 2.93. The molecule has 0 aromatic carbocycles. The third-order valence-corrected chi connectivity index (χ3v) is 6.51. The van der Waals surface area contributed by atoms with Crippen molar-refractivity contribution in [2.24, 2.45) is 5.41 Å². The highest BCUT2D eigenvalue weighted by Crippen LogP contribution is 2.41. The molecule has 4 atom stereocenters. The molecule has 1 saturated heterocycles. The molecule has 0 aromatic heterocycles. The Morgan fingerprint density at radius 2 is 1.64 bits per heavy atom. The highest BCUT2D eigenvalue weighted by atomic mass is 28.4. The summed E-state index contributed by atoms with van der Waals surface area (Å²) in [5.41, 5.74) is -0.108. The molecule has 0 spiro atoms. The highest BCUT2D eigenvalue weighted by Gasteiger charge is 2.47. The average molecular weight is 393 g/mol. The molecule has 0 aliphatic carbocycles. The quantitative estimate of drug-likeness (QED) is 0.549. The van der Waals surface area contributed by atoms with Crippen LogP contribution in [0, 0.1) is 5.41 Å². The summed E-state index contributed by atoms with van der Waals surface area (Å²) in [4.78, 5) is 0. The van der Waals surface area contributed by atoms with E-state index in [1.807, 2.05) is 0 Å². The van der Waals surface area contributed by atoms with Crippen LogP contribution in [0.5, 0.6) is 0 Å². The van der Waals surface area contributed by atoms with Gasteiger partial charge in [-0.2, -0.15) is 0 Å². The molecule has 0 aromatic rings. The average Bonchev–Trinajstić information content (AvgIpc) is 2.39. The van der Waals surface area contributed by atoms with Gasteiger partial charge in [0.15, 0.2) is 22.9 Å². The van der Waals surface area contributed by atoms with Crippen molar-refractivity contribution in [1.29, 1.82) is 0 Å². The summed E-state index contributed by atoms with van der Waals surface area (Å²) in [6, 6.07) is 0. The summed E-state index contributed by atoms with van der Waals surface area (Å²) in [7, 11) is 0.162. The molecule has 1 aliphatic heterocycles. The zero-order chi connectivity index (χ0) is 19.5. The Hall–Kier alpha value is 0.234. The van der Waals surface area contributed by atoms with E-state index in [1.165, 1.54) is 0 Å². The highest BCUT2D eigenvalue weighted by molar-refractivity contribution is 6.70. The van der Waals surface area contributed by atoms with Gasteiger partial charge in [0, 0.05) is 32.5 Å². The van der Waals surface area contributed by atoms with Crippen molar-refractivity contribution < 1.29 is 23.1 Å². The normalized spacial score (nSPS) is 28.8. The maximum Gasteiger partial charge on any atom is 0.187 e. The van der Waals surface area contributed by atoms with Gasteiger partial charge in [0.1, 0.15) is 0 Å². The van der Waals surface area contributed by atoms with Crippen molar-refractivity contribution in [2.75, 3.05) is 20.8 Å². The van der Waals surface area contributed by atoms with Crippen LogP contribution in [0.25, 0.3) is 0 Å². The first-order valence-corrected chi connectivity index (χ1v) is 16.1. The fourth-order valence-electron chi connectivity index (χ4n) is 3.40. The second-order valence-corrected chi connectivity index (χ2v) is 18.5. The number of methoxy groups -OCH3 is 2. The molecule has 0 amide bonds. The Bertz CT molecular complexity index is 403. The molecule has 0 N–H and O–H groups in total. The van der Waals surface area contributed by atoms with Gasteiger partial charge in [-0.3, -0.25) is 0 Å². The second kappa shape index (κ2) is 8.95. The van der Waals surface area contributed by atoms with Gasteiger partial charge in [-0.05, 0) is 39.3 Å². The smallest absolute Gasteiger partial charge is 0.187 e. The van der Waals surface area contributed by atoms with E-state index >= 15 is 0 Å². The fraction of sp³-hybridized carbons (Fsp3) is 1.00. The zero-order valence-corrected chi connectivity index (χ0v) is 20.0. The standard InChI is InChI=1S/C18H40O5Si2/c1-18(2)15(20-4)12-17(23-25(8,9)10)21-16(18)11-14(13-19-3)22-24(5,6)7/h14-17H,11-13H2,1-10H3/t14-,15+,16+,17?/m0/s1. The molecule has 7 heteroatoms. The Morgan fingerprint density at radius 1 is 1.04 bits per heavy atom. The summed E-state index contributed by atoms with van der Waals surface area (Å²) < 4.78 is 30.2. The first kappa shape index (κ1) is 23.3. The molecule has 1 rings (SSSR count). The lowest BCUT2D eigenvalue weighted by molar-refractivity contribution is -0.243. The molecule has 1 fully saturated rings. The number of hydrogen-bond donors (Lipinski definition) is 0. The van der Waals surface area contributed by atoms with Crippen LogP contribution in [0.3, 0.4) is 0 Å². The van der Waals surface area contributed by atoms with E-state index < -0.39 is 16.6 Å². The first-order valence-electron chi connectivity index (χ1n) is 9.31. The molecule has 5 nitrogen and oxygen atoms in total. The van der Waals surface area contributed by atoms with E-state index in [2.05, 4.69) is 53.1 Å². The summed E-state index contributed by atoms with van der Waals surface area (Å²) in [6.07, 6.45) is 1.49. The van der Waals surface area contributed by atoms with Gasteiger partial charge < -0.3 is 23.1 Å². The van der Waals surface area contributed by atoms with E-state index in [0.717, 1.165) is 12.8 Å². The van der Waals surface area contributed by atoms with Crippen molar-refractivity contribution in [3.05, 3.63) is 0 Å². The largest absolute Gasteiger partial charge is 0.412 e. The van der Waals surface area contributed by atoms with E-state index in [-0.39, 0.29) is 30.0 Å². The van der Waals surface area contributed by atoms with Gasteiger partial charge in [0.05, 0.1) is 24.9 Å². The monoisotopic (exact) mass is 392 g/mol. The minimum atomic E-state index is -1.69. The minimum absolute atomic E-state index is 0.00375. The maximum atomic E-state index is 6.41. The molecular formula is C18H40O5Si2. The third kappa shape index (κ3) is 7.78. The molecule has 150 valence electrons. The van der Waals surface area contributed by atoms with Crippen LogP contribution < -0.4 is 0 Å². The maximum absolute atomic E-state index is 6.41. The lowest BCUT2D eigenvalue weighted by atomic mass is 9.75. The van der Waals surface area contributed by atoms with Crippen LogP contribution in [-0.4, -0.2) is 62.1 Å². The first-order chi connectivity index (χ1) is 11.3. The van der Waals surface area contributed by atoms with Gasteiger partial charge in [-0.15, -0.1) is 0 Å². The van der Waals surface area contributed by atoms with Crippen molar-refractivity contribution >= 4 is 16.6 Å². The predicted molar refractivity (Wildman–Crippen MR) is 107 cm³/mol. The molecular weight excluding hydrogens is 352 g/mol. The van der Waals surface area contributed by atoms with Crippen LogP contribution in [0.4, 0.5) is 0 Å². The number of rotatable bonds is 9. The van der Waals surface area contributed by atoms with E-state index in [1.54, 1.807) is 14.2 Å². The molecule has 25 heavy (non-hydrogen) atoms. The molecule has 1 unspecified atom stereocenters. The fourth-order valence-corrected chi connectivity index (χ4v) is 5.51. The van der Waals surface area contributed by atoms with Crippen molar-refractivity contribution in [3.8, 4) is 0 Å². The van der Waals surface area contributed by atoms with E-state index in [9.17, 15) is 0 Å². The Labute approximate surface area is 157 Å². The minimum Gasteiger partial charge on any atom is -0.412 e. The third-order valence-electron chi connectivity index (χ3n) is 4.50. The lowest BCUT2D eigenvalue weighted by Crippen LogP contribution is -2.55. The second-order valence-electron chi connectivity index (χ2n) is 9.61. The van der Waals surface area contributed by atoms with Gasteiger partial charge in [0.25, 0.3) is 0 Å². The van der Waals surface area contributed by atoms with Gasteiger partial charge in [-0.1, -0.05) is 13.8 Å². The van der Waals surface area contributed by atoms with E-state index in [0.29, 0.717) is 6.61 Å². The predicted octanol–water partition coefficient (Wildman–Crippen LogP) is 4.25.